The fourth-order valence-corrected chi connectivity index (χ4v) is 2.90. The van der Waals surface area contributed by atoms with Crippen molar-refractivity contribution in [3.8, 4) is 0 Å². The van der Waals surface area contributed by atoms with E-state index in [4.69, 9.17) is 0 Å². The monoisotopic (exact) mass is 381 g/mol. The van der Waals surface area contributed by atoms with Crippen molar-refractivity contribution < 1.29 is 9.18 Å². The Kier molecular flexibility index (Phi) is 7.10. The van der Waals surface area contributed by atoms with Crippen LogP contribution in [0.25, 0.3) is 0 Å². The summed E-state index contributed by atoms with van der Waals surface area (Å²) in [5, 5.41) is 3.25. The molecule has 2 rings (SSSR count). The Morgan fingerprint density at radius 2 is 2.14 bits per heavy atom. The second-order valence-corrected chi connectivity index (χ2v) is 7.08. The first-order valence-corrected chi connectivity index (χ1v) is 9.31. The number of hydrogen-bond acceptors (Lipinski definition) is 3. The van der Waals surface area contributed by atoms with E-state index in [1.807, 2.05) is 31.2 Å². The summed E-state index contributed by atoms with van der Waals surface area (Å²) in [7, 11) is 0. The van der Waals surface area contributed by atoms with Crippen molar-refractivity contribution in [2.24, 2.45) is 0 Å². The molecule has 1 aliphatic rings. The lowest BCUT2D eigenvalue weighted by Crippen LogP contribution is -2.33. The van der Waals surface area contributed by atoms with E-state index < -0.39 is 5.67 Å². The molecule has 0 atom stereocenters. The third kappa shape index (κ3) is 5.52. The first kappa shape index (κ1) is 21.4. The molecule has 0 saturated carbocycles. The predicted molar refractivity (Wildman–Crippen MR) is 114 cm³/mol. The maximum absolute atomic E-state index is 14.0. The van der Waals surface area contributed by atoms with Crippen molar-refractivity contribution in [1.29, 1.82) is 0 Å². The number of alkyl halides is 1. The molecule has 1 amide bonds. The lowest BCUT2D eigenvalue weighted by atomic mass is 9.96. The summed E-state index contributed by atoms with van der Waals surface area (Å²) in [6.07, 6.45) is 11.6. The van der Waals surface area contributed by atoms with Crippen LogP contribution >= 0.6 is 0 Å². The summed E-state index contributed by atoms with van der Waals surface area (Å²) >= 11 is 0. The number of hydrogen-bond donors (Lipinski definition) is 1. The number of aromatic nitrogens is 1. The zero-order chi connectivity index (χ0) is 20.7. The summed E-state index contributed by atoms with van der Waals surface area (Å²) in [4.78, 5) is 17.7. The standard InChI is InChI=1S/C23H28FN3O/c1-6-8-9-20(18-12-14-27(15-13-18)22(28)7-2)17(3)26-19-10-11-21(25-16-19)23(4,5)24/h6-12,16,26H,2-3,13-15H2,1,4-5H3/b8-6-,20-9+. The summed E-state index contributed by atoms with van der Waals surface area (Å²) < 4.78 is 14.0. The number of nitrogens with zero attached hydrogens (tertiary/aromatic N) is 2. The van der Waals surface area contributed by atoms with Crippen LogP contribution in [-0.2, 0) is 10.5 Å². The van der Waals surface area contributed by atoms with E-state index in [0.717, 1.165) is 29.0 Å². The highest BCUT2D eigenvalue weighted by molar-refractivity contribution is 5.87. The lowest BCUT2D eigenvalue weighted by molar-refractivity contribution is -0.125. The quantitative estimate of drug-likeness (QED) is 0.530. The van der Waals surface area contributed by atoms with E-state index in [-0.39, 0.29) is 5.91 Å². The third-order valence-corrected chi connectivity index (χ3v) is 4.49. The first-order chi connectivity index (χ1) is 13.3. The van der Waals surface area contributed by atoms with Crippen LogP contribution < -0.4 is 5.32 Å². The number of anilines is 1. The number of carbonyl (C=O) groups is 1. The largest absolute Gasteiger partial charge is 0.354 e. The molecule has 1 aliphatic heterocycles. The van der Waals surface area contributed by atoms with E-state index in [1.165, 1.54) is 19.9 Å². The highest BCUT2D eigenvalue weighted by atomic mass is 19.1. The van der Waals surface area contributed by atoms with Crippen LogP contribution in [0.3, 0.4) is 0 Å². The van der Waals surface area contributed by atoms with Crippen LogP contribution in [-0.4, -0.2) is 28.9 Å². The highest BCUT2D eigenvalue weighted by Gasteiger charge is 2.21. The molecule has 0 unspecified atom stereocenters. The van der Waals surface area contributed by atoms with Crippen molar-refractivity contribution in [3.05, 3.63) is 84.4 Å². The van der Waals surface area contributed by atoms with E-state index in [9.17, 15) is 9.18 Å². The minimum absolute atomic E-state index is 0.0619. The fourth-order valence-electron chi connectivity index (χ4n) is 2.90. The number of amides is 1. The molecule has 0 aliphatic carbocycles. The molecule has 0 bridgehead atoms. The van der Waals surface area contributed by atoms with Gasteiger partial charge in [-0.3, -0.25) is 9.78 Å². The number of halogens is 1. The highest BCUT2D eigenvalue weighted by Crippen LogP contribution is 2.27. The van der Waals surface area contributed by atoms with Gasteiger partial charge in [0.2, 0.25) is 5.91 Å². The minimum Gasteiger partial charge on any atom is -0.354 e. The van der Waals surface area contributed by atoms with E-state index in [2.05, 4.69) is 23.5 Å². The summed E-state index contributed by atoms with van der Waals surface area (Å²) in [6, 6.07) is 3.46. The van der Waals surface area contributed by atoms with Gasteiger partial charge in [-0.25, -0.2) is 4.39 Å². The molecule has 1 aromatic heterocycles. The maximum atomic E-state index is 14.0. The Hall–Kier alpha value is -2.95. The molecule has 2 heterocycles. The summed E-state index contributed by atoms with van der Waals surface area (Å²) in [6.45, 7) is 13.8. The number of nitrogens with one attached hydrogen (secondary N) is 1. The number of pyridine rings is 1. The van der Waals surface area contributed by atoms with Crippen molar-refractivity contribution >= 4 is 11.6 Å². The summed E-state index contributed by atoms with van der Waals surface area (Å²) in [5.41, 5.74) is 2.46. The van der Waals surface area contributed by atoms with Crippen LogP contribution in [0.5, 0.6) is 0 Å². The minimum atomic E-state index is -1.48. The number of allylic oxidation sites excluding steroid dienone is 4. The van der Waals surface area contributed by atoms with E-state index in [1.54, 1.807) is 23.2 Å². The van der Waals surface area contributed by atoms with Gasteiger partial charge in [0, 0.05) is 24.4 Å². The van der Waals surface area contributed by atoms with Gasteiger partial charge in [-0.1, -0.05) is 37.5 Å². The Morgan fingerprint density at radius 1 is 1.39 bits per heavy atom. The molecule has 0 fully saturated rings. The molecule has 4 nitrogen and oxygen atoms in total. The average molecular weight is 381 g/mol. The third-order valence-electron chi connectivity index (χ3n) is 4.49. The Labute approximate surface area is 166 Å². The molecule has 0 aromatic carbocycles. The average Bonchev–Trinajstić information content (AvgIpc) is 2.68. The zero-order valence-electron chi connectivity index (χ0n) is 16.8. The van der Waals surface area contributed by atoms with Crippen LogP contribution in [0.4, 0.5) is 10.1 Å². The molecular formula is C23H28FN3O. The SMILES string of the molecule is C=CC(=O)N1CC=C(/C(=C/C=C\C)C(=C)Nc2ccc(C(C)(C)F)nc2)CC1. The second-order valence-electron chi connectivity index (χ2n) is 7.08. The normalized spacial score (nSPS) is 15.4. The molecular weight excluding hydrogens is 353 g/mol. The molecule has 0 radical (unpaired) electrons. The topological polar surface area (TPSA) is 45.2 Å². The maximum Gasteiger partial charge on any atom is 0.246 e. The molecule has 1 aromatic rings. The molecule has 28 heavy (non-hydrogen) atoms. The van der Waals surface area contributed by atoms with E-state index >= 15 is 0 Å². The van der Waals surface area contributed by atoms with Gasteiger partial charge in [0.1, 0.15) is 5.67 Å². The Balaban J connectivity index is 2.17. The Morgan fingerprint density at radius 3 is 2.64 bits per heavy atom. The molecule has 0 spiro atoms. The smallest absolute Gasteiger partial charge is 0.246 e. The number of carbonyl (C=O) groups excluding carboxylic acids is 1. The second kappa shape index (κ2) is 9.31. The van der Waals surface area contributed by atoms with Gasteiger partial charge < -0.3 is 10.2 Å². The van der Waals surface area contributed by atoms with Crippen molar-refractivity contribution in [2.45, 2.75) is 32.9 Å². The van der Waals surface area contributed by atoms with Gasteiger partial charge in [0.15, 0.2) is 0 Å². The van der Waals surface area contributed by atoms with Crippen molar-refractivity contribution in [2.75, 3.05) is 18.4 Å². The molecule has 0 saturated heterocycles. The van der Waals surface area contributed by atoms with Crippen LogP contribution in [0.1, 0.15) is 32.9 Å². The van der Waals surface area contributed by atoms with Crippen molar-refractivity contribution in [3.63, 3.8) is 0 Å². The van der Waals surface area contributed by atoms with Gasteiger partial charge in [-0.05, 0) is 51.0 Å². The molecule has 1 N–H and O–H groups in total. The van der Waals surface area contributed by atoms with Crippen LogP contribution in [0.15, 0.2) is 78.7 Å². The molecule has 148 valence electrons. The molecule has 5 heteroatoms. The van der Waals surface area contributed by atoms with Crippen LogP contribution in [0, 0.1) is 0 Å². The van der Waals surface area contributed by atoms with E-state index in [0.29, 0.717) is 18.8 Å². The van der Waals surface area contributed by atoms with Crippen molar-refractivity contribution in [1.82, 2.24) is 9.88 Å². The van der Waals surface area contributed by atoms with Gasteiger partial charge in [0.25, 0.3) is 0 Å². The zero-order valence-corrected chi connectivity index (χ0v) is 16.8. The fraction of sp³-hybridized carbons (Fsp3) is 0.304. The van der Waals surface area contributed by atoms with Crippen LogP contribution in [0.2, 0.25) is 0 Å². The van der Waals surface area contributed by atoms with Gasteiger partial charge in [0.05, 0.1) is 17.6 Å². The number of rotatable bonds is 7. The van der Waals surface area contributed by atoms with Gasteiger partial charge in [-0.2, -0.15) is 0 Å². The van der Waals surface area contributed by atoms with Gasteiger partial charge in [-0.15, -0.1) is 0 Å². The lowest BCUT2D eigenvalue weighted by Gasteiger charge is -2.27. The van der Waals surface area contributed by atoms with Gasteiger partial charge >= 0.3 is 0 Å². The Bertz CT molecular complexity index is 826. The summed E-state index contributed by atoms with van der Waals surface area (Å²) in [5.74, 6) is -0.0619. The first-order valence-electron chi connectivity index (χ1n) is 9.31. The predicted octanol–water partition coefficient (Wildman–Crippen LogP) is 5.06.